The molecule has 0 spiro atoms. The van der Waals surface area contributed by atoms with E-state index in [4.69, 9.17) is 4.74 Å². The normalized spacial score (nSPS) is 20.9. The van der Waals surface area contributed by atoms with E-state index in [0.29, 0.717) is 19.6 Å². The molecular formula is C10H19ClN2O4. The summed E-state index contributed by atoms with van der Waals surface area (Å²) in [5.74, 6) is -0.705. The van der Waals surface area contributed by atoms with Gasteiger partial charge >= 0.3 is 5.97 Å². The molecule has 0 aromatic carbocycles. The molecular weight excluding hydrogens is 248 g/mol. The van der Waals surface area contributed by atoms with Crippen molar-refractivity contribution in [2.45, 2.75) is 25.5 Å². The molecule has 2 N–H and O–H groups in total. The highest BCUT2D eigenvalue weighted by Crippen LogP contribution is 1.99. The van der Waals surface area contributed by atoms with Gasteiger partial charge in [0.2, 0.25) is 0 Å². The van der Waals surface area contributed by atoms with Crippen LogP contribution in [0.25, 0.3) is 0 Å². The lowest BCUT2D eigenvalue weighted by Crippen LogP contribution is -2.52. The maximum Gasteiger partial charge on any atom is 0.328 e. The molecule has 0 aromatic rings. The molecule has 2 atom stereocenters. The number of rotatable bonds is 4. The maximum atomic E-state index is 11.7. The Hall–Kier alpha value is -0.850. The van der Waals surface area contributed by atoms with Crippen LogP contribution in [-0.2, 0) is 19.1 Å². The average Bonchev–Trinajstić information content (AvgIpc) is 2.35. The van der Waals surface area contributed by atoms with Gasteiger partial charge in [0.25, 0.3) is 5.91 Å². The van der Waals surface area contributed by atoms with Crippen molar-refractivity contribution in [2.75, 3.05) is 26.8 Å². The molecule has 0 bridgehead atoms. The van der Waals surface area contributed by atoms with Crippen LogP contribution in [0.1, 0.15) is 13.3 Å². The predicted molar refractivity (Wildman–Crippen MR) is 64.1 cm³/mol. The summed E-state index contributed by atoms with van der Waals surface area (Å²) in [5, 5.41) is 5.66. The van der Waals surface area contributed by atoms with Crippen LogP contribution in [0.2, 0.25) is 0 Å². The van der Waals surface area contributed by atoms with Crippen LogP contribution in [0.3, 0.4) is 0 Å². The fourth-order valence-electron chi connectivity index (χ4n) is 1.47. The van der Waals surface area contributed by atoms with Crippen LogP contribution >= 0.6 is 12.4 Å². The second-order valence-corrected chi connectivity index (χ2v) is 3.56. The fourth-order valence-corrected chi connectivity index (χ4v) is 1.47. The van der Waals surface area contributed by atoms with E-state index < -0.39 is 18.1 Å². The standard InChI is InChI=1S/C10H18N2O4.ClH/c1-3-7(10(14)15-2)12-9(13)8-6-11-4-5-16-8;/h7-8,11H,3-6H2,1-2H3,(H,12,13);1H. The number of esters is 1. The number of amides is 1. The lowest BCUT2D eigenvalue weighted by atomic mass is 10.2. The SMILES string of the molecule is CCC(NC(=O)C1CNCCO1)C(=O)OC.Cl. The number of carbonyl (C=O) groups excluding carboxylic acids is 2. The van der Waals surface area contributed by atoms with Crippen LogP contribution in [-0.4, -0.2) is 50.8 Å². The molecule has 1 rings (SSSR count). The number of halogens is 1. The molecule has 1 saturated heterocycles. The third-order valence-corrected chi connectivity index (χ3v) is 2.43. The highest BCUT2D eigenvalue weighted by molar-refractivity contribution is 5.87. The monoisotopic (exact) mass is 266 g/mol. The van der Waals surface area contributed by atoms with Crippen molar-refractivity contribution in [1.82, 2.24) is 10.6 Å². The van der Waals surface area contributed by atoms with Crippen molar-refractivity contribution < 1.29 is 19.1 Å². The van der Waals surface area contributed by atoms with Gasteiger partial charge in [-0.3, -0.25) is 4.79 Å². The van der Waals surface area contributed by atoms with E-state index in [-0.39, 0.29) is 18.3 Å². The van der Waals surface area contributed by atoms with Crippen molar-refractivity contribution in [1.29, 1.82) is 0 Å². The van der Waals surface area contributed by atoms with E-state index >= 15 is 0 Å². The maximum absolute atomic E-state index is 11.7. The molecule has 2 unspecified atom stereocenters. The number of morpholine rings is 1. The third kappa shape index (κ3) is 4.89. The van der Waals surface area contributed by atoms with E-state index in [0.717, 1.165) is 6.54 Å². The number of methoxy groups -OCH3 is 1. The van der Waals surface area contributed by atoms with E-state index in [2.05, 4.69) is 15.4 Å². The molecule has 1 fully saturated rings. The van der Waals surface area contributed by atoms with Gasteiger partial charge in [-0.25, -0.2) is 4.79 Å². The van der Waals surface area contributed by atoms with E-state index in [1.165, 1.54) is 7.11 Å². The lowest BCUT2D eigenvalue weighted by molar-refractivity contribution is -0.147. The van der Waals surface area contributed by atoms with E-state index in [1.54, 1.807) is 0 Å². The van der Waals surface area contributed by atoms with Crippen molar-refractivity contribution in [2.24, 2.45) is 0 Å². The summed E-state index contributed by atoms with van der Waals surface area (Å²) in [4.78, 5) is 23.0. The zero-order valence-corrected chi connectivity index (χ0v) is 10.8. The molecule has 0 saturated carbocycles. The quantitative estimate of drug-likeness (QED) is 0.669. The predicted octanol–water partition coefficient (Wildman–Crippen LogP) is -0.536. The Bertz CT molecular complexity index is 257. The first-order chi connectivity index (χ1) is 7.69. The van der Waals surface area contributed by atoms with Crippen molar-refractivity contribution >= 4 is 24.3 Å². The number of nitrogens with one attached hydrogen (secondary N) is 2. The number of ether oxygens (including phenoxy) is 2. The zero-order chi connectivity index (χ0) is 12.0. The Morgan fingerprint density at radius 3 is 2.76 bits per heavy atom. The minimum atomic E-state index is -0.594. The molecule has 100 valence electrons. The Kier molecular flexibility index (Phi) is 7.86. The van der Waals surface area contributed by atoms with Gasteiger partial charge in [-0.15, -0.1) is 12.4 Å². The van der Waals surface area contributed by atoms with Crippen molar-refractivity contribution in [3.05, 3.63) is 0 Å². The molecule has 0 radical (unpaired) electrons. The summed E-state index contributed by atoms with van der Waals surface area (Å²) in [7, 11) is 1.30. The van der Waals surface area contributed by atoms with Crippen LogP contribution in [0.15, 0.2) is 0 Å². The average molecular weight is 267 g/mol. The van der Waals surface area contributed by atoms with Gasteiger partial charge in [0.15, 0.2) is 0 Å². The number of carbonyl (C=O) groups is 2. The summed E-state index contributed by atoms with van der Waals surface area (Å²) >= 11 is 0. The second-order valence-electron chi connectivity index (χ2n) is 3.56. The molecule has 1 aliphatic heterocycles. The summed E-state index contributed by atoms with van der Waals surface area (Å²) in [6.45, 7) is 3.54. The number of hydrogen-bond donors (Lipinski definition) is 2. The van der Waals surface area contributed by atoms with Crippen LogP contribution < -0.4 is 10.6 Å². The van der Waals surface area contributed by atoms with Crippen molar-refractivity contribution in [3.8, 4) is 0 Å². The Labute approximate surface area is 107 Å². The molecule has 17 heavy (non-hydrogen) atoms. The van der Waals surface area contributed by atoms with Gasteiger partial charge in [-0.05, 0) is 6.42 Å². The van der Waals surface area contributed by atoms with Gasteiger partial charge in [0, 0.05) is 13.1 Å². The molecule has 1 amide bonds. The van der Waals surface area contributed by atoms with E-state index in [9.17, 15) is 9.59 Å². The third-order valence-electron chi connectivity index (χ3n) is 2.43. The van der Waals surface area contributed by atoms with Crippen molar-refractivity contribution in [3.63, 3.8) is 0 Å². The van der Waals surface area contributed by atoms with Gasteiger partial charge in [-0.1, -0.05) is 6.92 Å². The lowest BCUT2D eigenvalue weighted by Gasteiger charge is -2.24. The van der Waals surface area contributed by atoms with Gasteiger partial charge < -0.3 is 20.1 Å². The summed E-state index contributed by atoms with van der Waals surface area (Å²) < 4.78 is 9.85. The fraction of sp³-hybridized carbons (Fsp3) is 0.800. The minimum Gasteiger partial charge on any atom is -0.467 e. The molecule has 1 heterocycles. The molecule has 7 heteroatoms. The summed E-state index contributed by atoms with van der Waals surface area (Å²) in [6, 6.07) is -0.594. The molecule has 1 aliphatic rings. The Balaban J connectivity index is 0.00000256. The number of hydrogen-bond acceptors (Lipinski definition) is 5. The first kappa shape index (κ1) is 16.1. The molecule has 0 aromatic heterocycles. The highest BCUT2D eigenvalue weighted by atomic mass is 35.5. The molecule has 6 nitrogen and oxygen atoms in total. The zero-order valence-electron chi connectivity index (χ0n) is 10.0. The molecule has 0 aliphatic carbocycles. The topological polar surface area (TPSA) is 76.7 Å². The highest BCUT2D eigenvalue weighted by Gasteiger charge is 2.26. The van der Waals surface area contributed by atoms with Gasteiger partial charge in [-0.2, -0.15) is 0 Å². The first-order valence-electron chi connectivity index (χ1n) is 5.39. The second kappa shape index (κ2) is 8.27. The van der Waals surface area contributed by atoms with Gasteiger partial charge in [0.1, 0.15) is 12.1 Å². The first-order valence-corrected chi connectivity index (χ1v) is 5.39. The Morgan fingerprint density at radius 2 is 2.29 bits per heavy atom. The summed E-state index contributed by atoms with van der Waals surface area (Å²) in [6.07, 6.45) is -0.0223. The summed E-state index contributed by atoms with van der Waals surface area (Å²) in [5.41, 5.74) is 0. The smallest absolute Gasteiger partial charge is 0.328 e. The largest absolute Gasteiger partial charge is 0.467 e. The minimum absolute atomic E-state index is 0. The van der Waals surface area contributed by atoms with Crippen LogP contribution in [0.4, 0.5) is 0 Å². The van der Waals surface area contributed by atoms with Crippen LogP contribution in [0.5, 0.6) is 0 Å². The van der Waals surface area contributed by atoms with Gasteiger partial charge in [0.05, 0.1) is 13.7 Å². The Morgan fingerprint density at radius 1 is 1.59 bits per heavy atom. The van der Waals surface area contributed by atoms with E-state index in [1.807, 2.05) is 6.92 Å². The van der Waals surface area contributed by atoms with Crippen LogP contribution in [0, 0.1) is 0 Å².